The van der Waals surface area contributed by atoms with E-state index in [1.807, 2.05) is 0 Å². The van der Waals surface area contributed by atoms with E-state index in [4.69, 9.17) is 11.5 Å². The van der Waals surface area contributed by atoms with Crippen molar-refractivity contribution < 1.29 is 19.7 Å². The quantitative estimate of drug-likeness (QED) is 0.105. The molecule has 0 amide bonds. The Morgan fingerprint density at radius 2 is 0.500 bits per heavy atom. The molecule has 4 N–H and O–H groups in total. The summed E-state index contributed by atoms with van der Waals surface area (Å²) in [4.78, 5) is 43.1. The highest BCUT2D eigenvalue weighted by atomic mass is 16.6. The van der Waals surface area contributed by atoms with E-state index >= 15 is 0 Å². The van der Waals surface area contributed by atoms with Crippen molar-refractivity contribution in [2.45, 2.75) is 0 Å². The van der Waals surface area contributed by atoms with Gasteiger partial charge in [0, 0.05) is 82.2 Å². The lowest BCUT2D eigenvalue weighted by atomic mass is 9.82. The number of hydrogen-bond acceptors (Lipinski definition) is 10. The summed E-state index contributed by atoms with van der Waals surface area (Å²) in [6, 6.07) is 22.3. The minimum absolute atomic E-state index is 0.142. The lowest BCUT2D eigenvalue weighted by molar-refractivity contribution is -0.385. The molecule has 0 spiro atoms. The lowest BCUT2D eigenvalue weighted by Crippen LogP contribution is -2.05. The van der Waals surface area contributed by atoms with Crippen LogP contribution in [0.25, 0.3) is 44.5 Å². The zero-order chi connectivity index (χ0) is 31.7. The van der Waals surface area contributed by atoms with Gasteiger partial charge < -0.3 is 11.5 Å². The van der Waals surface area contributed by atoms with E-state index < -0.39 is 19.7 Å². The lowest BCUT2D eigenvalue weighted by Gasteiger charge is -2.24. The van der Waals surface area contributed by atoms with Gasteiger partial charge in [-0.2, -0.15) is 0 Å². The minimum Gasteiger partial charge on any atom is -0.398 e. The molecular weight excluding hydrogens is 572 g/mol. The maximum atomic E-state index is 11.3. The molecule has 5 rings (SSSR count). The van der Waals surface area contributed by atoms with Crippen LogP contribution in [0.5, 0.6) is 0 Å². The Labute approximate surface area is 247 Å². The van der Waals surface area contributed by atoms with E-state index in [2.05, 4.69) is 0 Å². The Morgan fingerprint density at radius 1 is 0.341 bits per heavy atom. The second-order valence-corrected chi connectivity index (χ2v) is 9.54. The third-order valence-electron chi connectivity index (χ3n) is 7.04. The van der Waals surface area contributed by atoms with Crippen LogP contribution in [0, 0.1) is 40.5 Å². The number of rotatable bonds is 8. The molecule has 0 aliphatic rings. The monoisotopic (exact) mass is 592 g/mol. The molecule has 44 heavy (non-hydrogen) atoms. The number of hydrogen-bond donors (Lipinski definition) is 2. The van der Waals surface area contributed by atoms with Crippen molar-refractivity contribution in [3.05, 3.63) is 138 Å². The summed E-state index contributed by atoms with van der Waals surface area (Å²) in [6.07, 6.45) is 0. The van der Waals surface area contributed by atoms with Crippen LogP contribution >= 0.6 is 0 Å². The molecule has 0 aliphatic carbocycles. The number of nitrogens with two attached hydrogens (primary N) is 2. The van der Waals surface area contributed by atoms with E-state index in [1.165, 1.54) is 97.1 Å². The van der Waals surface area contributed by atoms with Gasteiger partial charge in [-0.15, -0.1) is 0 Å². The van der Waals surface area contributed by atoms with Crippen LogP contribution < -0.4 is 11.5 Å². The fourth-order valence-corrected chi connectivity index (χ4v) is 4.99. The van der Waals surface area contributed by atoms with Gasteiger partial charge in [-0.25, -0.2) is 0 Å². The molecule has 0 atom stereocenters. The molecule has 0 fully saturated rings. The molecular formula is C30H20N6O8. The van der Waals surface area contributed by atoms with Crippen LogP contribution in [0.1, 0.15) is 0 Å². The third-order valence-corrected chi connectivity index (χ3v) is 7.04. The number of nitro benzene ring substituents is 4. The van der Waals surface area contributed by atoms with Crippen LogP contribution in [0.3, 0.4) is 0 Å². The summed E-state index contributed by atoms with van der Waals surface area (Å²) in [5.41, 5.74) is 16.6. The molecule has 14 nitrogen and oxygen atoms in total. The van der Waals surface area contributed by atoms with Gasteiger partial charge >= 0.3 is 0 Å². The first-order valence-corrected chi connectivity index (χ1v) is 12.7. The molecule has 5 aromatic carbocycles. The minimum atomic E-state index is -0.557. The fraction of sp³-hybridized carbons (Fsp3) is 0. The average Bonchev–Trinajstić information content (AvgIpc) is 3.01. The van der Waals surface area contributed by atoms with Gasteiger partial charge in [0.2, 0.25) is 0 Å². The Hall–Kier alpha value is -6.70. The van der Waals surface area contributed by atoms with Crippen molar-refractivity contribution in [2.24, 2.45) is 0 Å². The zero-order valence-corrected chi connectivity index (χ0v) is 22.4. The van der Waals surface area contributed by atoms with Crippen molar-refractivity contribution in [2.75, 3.05) is 11.5 Å². The van der Waals surface area contributed by atoms with E-state index in [0.29, 0.717) is 44.5 Å². The highest BCUT2D eigenvalue weighted by Gasteiger charge is 2.26. The van der Waals surface area contributed by atoms with E-state index in [-0.39, 0.29) is 34.1 Å². The molecule has 0 aromatic heterocycles. The predicted molar refractivity (Wildman–Crippen MR) is 164 cm³/mol. The zero-order valence-electron chi connectivity index (χ0n) is 22.4. The number of nitrogen functional groups attached to an aromatic ring is 2. The number of non-ortho nitro benzene ring substituents is 4. The van der Waals surface area contributed by atoms with Crippen LogP contribution in [0.4, 0.5) is 34.1 Å². The highest BCUT2D eigenvalue weighted by molar-refractivity contribution is 6.11. The SMILES string of the molecule is Nc1c(-c2ccc([N+](=O)[O-])cc2)c(-c2ccc([N+](=O)[O-])cc2)c(N)c(-c2ccc([N+](=O)[O-])cc2)c1-c1ccc([N+](=O)[O-])cc1. The molecule has 14 heteroatoms. The number of nitrogens with zero attached hydrogens (tertiary/aromatic N) is 4. The van der Waals surface area contributed by atoms with Gasteiger partial charge in [0.25, 0.3) is 22.7 Å². The number of anilines is 2. The molecule has 0 saturated heterocycles. The molecule has 5 aromatic rings. The van der Waals surface area contributed by atoms with Crippen molar-refractivity contribution in [1.29, 1.82) is 0 Å². The van der Waals surface area contributed by atoms with Gasteiger partial charge in [-0.05, 0) is 70.8 Å². The molecule has 0 aliphatic heterocycles. The van der Waals surface area contributed by atoms with E-state index in [0.717, 1.165) is 0 Å². The summed E-state index contributed by atoms with van der Waals surface area (Å²) in [7, 11) is 0. The second kappa shape index (κ2) is 11.3. The van der Waals surface area contributed by atoms with Gasteiger partial charge in [-0.1, -0.05) is 0 Å². The maximum Gasteiger partial charge on any atom is 0.269 e. The summed E-state index contributed by atoms with van der Waals surface area (Å²) in [6.45, 7) is 0. The number of nitro groups is 4. The normalized spacial score (nSPS) is 10.7. The largest absolute Gasteiger partial charge is 0.398 e. The Kier molecular flexibility index (Phi) is 7.39. The van der Waals surface area contributed by atoms with Crippen molar-refractivity contribution >= 4 is 34.1 Å². The summed E-state index contributed by atoms with van der Waals surface area (Å²) in [5, 5.41) is 45.4. The van der Waals surface area contributed by atoms with Gasteiger partial charge in [-0.3, -0.25) is 40.5 Å². The Bertz CT molecular complexity index is 1670. The van der Waals surface area contributed by atoms with Crippen molar-refractivity contribution in [3.8, 4) is 44.5 Å². The van der Waals surface area contributed by atoms with E-state index in [1.54, 1.807) is 0 Å². The standard InChI is InChI=1S/C30H20N6O8/c31-29-25(17-1-9-21(10-2-17)33(37)38)26(18-3-11-22(12-4-18)34(39)40)30(32)28(20-7-15-24(16-8-20)36(43)44)27(29)19-5-13-23(14-6-19)35(41)42/h1-16H,31-32H2. The Morgan fingerprint density at radius 3 is 0.636 bits per heavy atom. The summed E-state index contributed by atoms with van der Waals surface area (Å²) < 4.78 is 0. The van der Waals surface area contributed by atoms with E-state index in [9.17, 15) is 40.5 Å². The first-order chi connectivity index (χ1) is 21.0. The second-order valence-electron chi connectivity index (χ2n) is 9.54. The average molecular weight is 593 g/mol. The first kappa shape index (κ1) is 28.8. The molecule has 218 valence electrons. The molecule has 0 heterocycles. The van der Waals surface area contributed by atoms with Gasteiger partial charge in [0.1, 0.15) is 0 Å². The summed E-state index contributed by atoms with van der Waals surface area (Å²) >= 11 is 0. The molecule has 0 unspecified atom stereocenters. The summed E-state index contributed by atoms with van der Waals surface area (Å²) in [5.74, 6) is 0. The smallest absolute Gasteiger partial charge is 0.269 e. The first-order valence-electron chi connectivity index (χ1n) is 12.7. The molecule has 0 radical (unpaired) electrons. The molecule has 0 saturated carbocycles. The highest BCUT2D eigenvalue weighted by Crippen LogP contribution is 2.52. The fourth-order valence-electron chi connectivity index (χ4n) is 4.99. The van der Waals surface area contributed by atoms with Gasteiger partial charge in [0.05, 0.1) is 19.7 Å². The third kappa shape index (κ3) is 5.21. The predicted octanol–water partition coefficient (Wildman–Crippen LogP) is 7.15. The molecule has 0 bridgehead atoms. The van der Waals surface area contributed by atoms with Gasteiger partial charge in [0.15, 0.2) is 0 Å². The van der Waals surface area contributed by atoms with Crippen molar-refractivity contribution in [1.82, 2.24) is 0 Å². The van der Waals surface area contributed by atoms with Crippen LogP contribution in [-0.4, -0.2) is 19.7 Å². The van der Waals surface area contributed by atoms with Crippen molar-refractivity contribution in [3.63, 3.8) is 0 Å². The van der Waals surface area contributed by atoms with Crippen LogP contribution in [0.15, 0.2) is 97.1 Å². The maximum absolute atomic E-state index is 11.3. The Balaban J connectivity index is 1.90. The number of benzene rings is 5. The topological polar surface area (TPSA) is 225 Å². The van der Waals surface area contributed by atoms with Crippen LogP contribution in [0.2, 0.25) is 0 Å². The van der Waals surface area contributed by atoms with Crippen LogP contribution in [-0.2, 0) is 0 Å².